The number of ether oxygens (including phenoxy) is 2. The molecule has 0 fully saturated rings. The zero-order valence-electron chi connectivity index (χ0n) is 18.2. The summed E-state index contributed by atoms with van der Waals surface area (Å²) in [5, 5.41) is 0. The maximum atomic E-state index is 13.5. The smallest absolute Gasteiger partial charge is 0.264 e. The molecule has 1 aliphatic rings. The van der Waals surface area contributed by atoms with Gasteiger partial charge in [-0.25, -0.2) is 8.42 Å². The van der Waals surface area contributed by atoms with Crippen LogP contribution >= 0.6 is 0 Å². The number of rotatable bonds is 7. The molecule has 5 rings (SSSR count). The summed E-state index contributed by atoms with van der Waals surface area (Å²) < 4.78 is 39.2. The van der Waals surface area contributed by atoms with Gasteiger partial charge in [-0.05, 0) is 65.7 Å². The van der Waals surface area contributed by atoms with Gasteiger partial charge in [-0.15, -0.1) is 0 Å². The van der Waals surface area contributed by atoms with E-state index >= 15 is 0 Å². The molecule has 0 spiro atoms. The first-order chi connectivity index (χ1) is 16.6. The third-order valence-corrected chi connectivity index (χ3v) is 7.19. The van der Waals surface area contributed by atoms with Crippen molar-refractivity contribution in [1.82, 2.24) is 0 Å². The fourth-order valence-electron chi connectivity index (χ4n) is 3.63. The van der Waals surface area contributed by atoms with E-state index < -0.39 is 10.0 Å². The second-order valence-electron chi connectivity index (χ2n) is 7.70. The number of sulfonamides is 1. The molecule has 4 aromatic rings. The molecule has 1 heterocycles. The molecule has 0 unspecified atom stereocenters. The fraction of sp³-hybridized carbons (Fsp3) is 0.0741. The Hall–Kier alpha value is -4.10. The lowest BCUT2D eigenvalue weighted by atomic mass is 10.2. The predicted octanol–water partition coefficient (Wildman–Crippen LogP) is 5.56. The number of hydrogen-bond acceptors (Lipinski definition) is 5. The minimum atomic E-state index is -3.76. The normalized spacial score (nSPS) is 12.7. The number of aliphatic imine (C=N–C) groups is 1. The lowest BCUT2D eigenvalue weighted by Crippen LogP contribution is -2.30. The van der Waals surface area contributed by atoms with Crippen molar-refractivity contribution in [3.63, 3.8) is 0 Å². The van der Waals surface area contributed by atoms with Crippen LogP contribution in [0.25, 0.3) is 0 Å². The molecule has 6 nitrogen and oxygen atoms in total. The van der Waals surface area contributed by atoms with Crippen LogP contribution in [0.3, 0.4) is 0 Å². The average molecular weight is 471 g/mol. The van der Waals surface area contributed by atoms with Crippen molar-refractivity contribution < 1.29 is 17.9 Å². The van der Waals surface area contributed by atoms with E-state index in [1.807, 2.05) is 48.5 Å². The summed E-state index contributed by atoms with van der Waals surface area (Å²) in [7, 11) is -3.76. The van der Waals surface area contributed by atoms with Gasteiger partial charge in [0.2, 0.25) is 6.79 Å². The number of fused-ring (bicyclic) bond motifs is 1. The van der Waals surface area contributed by atoms with Crippen molar-refractivity contribution in [2.75, 3.05) is 11.1 Å². The van der Waals surface area contributed by atoms with E-state index in [1.165, 1.54) is 4.31 Å². The van der Waals surface area contributed by atoms with Gasteiger partial charge < -0.3 is 9.47 Å². The van der Waals surface area contributed by atoms with E-state index in [0.29, 0.717) is 17.1 Å². The lowest BCUT2D eigenvalue weighted by molar-refractivity contribution is 0.174. The molecule has 4 aromatic carbocycles. The summed E-state index contributed by atoms with van der Waals surface area (Å²) in [6.07, 6.45) is 1.74. The Bertz CT molecular complexity index is 1400. The minimum absolute atomic E-state index is 0.220. The highest BCUT2D eigenvalue weighted by Crippen LogP contribution is 2.32. The summed E-state index contributed by atoms with van der Waals surface area (Å²) >= 11 is 0. The molecule has 0 radical (unpaired) electrons. The van der Waals surface area contributed by atoms with Gasteiger partial charge >= 0.3 is 0 Å². The molecule has 1 aliphatic heterocycles. The van der Waals surface area contributed by atoms with Gasteiger partial charge in [-0.2, -0.15) is 0 Å². The molecule has 0 atom stereocenters. The Kier molecular flexibility index (Phi) is 6.01. The van der Waals surface area contributed by atoms with E-state index in [1.54, 1.807) is 60.8 Å². The second kappa shape index (κ2) is 9.41. The van der Waals surface area contributed by atoms with Crippen LogP contribution in [0.4, 0.5) is 11.4 Å². The number of nitrogens with zero attached hydrogens (tertiary/aromatic N) is 2. The Morgan fingerprint density at radius 2 is 1.47 bits per heavy atom. The molecule has 34 heavy (non-hydrogen) atoms. The topological polar surface area (TPSA) is 68.2 Å². The summed E-state index contributed by atoms with van der Waals surface area (Å²) in [4.78, 5) is 4.76. The lowest BCUT2D eigenvalue weighted by Gasteiger charge is -2.25. The first-order valence-electron chi connectivity index (χ1n) is 10.8. The molecule has 7 heteroatoms. The van der Waals surface area contributed by atoms with E-state index in [9.17, 15) is 8.42 Å². The molecule has 0 aromatic heterocycles. The van der Waals surface area contributed by atoms with Gasteiger partial charge in [0.25, 0.3) is 10.0 Å². The first kappa shape index (κ1) is 21.7. The van der Waals surface area contributed by atoms with Crippen LogP contribution in [0.15, 0.2) is 113 Å². The molecule has 0 saturated heterocycles. The van der Waals surface area contributed by atoms with E-state index in [2.05, 4.69) is 4.99 Å². The van der Waals surface area contributed by atoms with Crippen molar-refractivity contribution in [2.45, 2.75) is 11.4 Å². The van der Waals surface area contributed by atoms with Crippen molar-refractivity contribution in [3.8, 4) is 11.5 Å². The van der Waals surface area contributed by atoms with E-state index in [0.717, 1.165) is 16.9 Å². The second-order valence-corrected chi connectivity index (χ2v) is 9.56. The van der Waals surface area contributed by atoms with Gasteiger partial charge in [0.15, 0.2) is 11.5 Å². The maximum Gasteiger partial charge on any atom is 0.264 e. The summed E-state index contributed by atoms with van der Waals surface area (Å²) in [6, 6.07) is 30.8. The highest BCUT2D eigenvalue weighted by molar-refractivity contribution is 7.92. The van der Waals surface area contributed by atoms with Crippen LogP contribution in [0.2, 0.25) is 0 Å². The van der Waals surface area contributed by atoms with Gasteiger partial charge in [-0.3, -0.25) is 9.30 Å². The third-order valence-electron chi connectivity index (χ3n) is 5.40. The molecule has 0 N–H and O–H groups in total. The van der Waals surface area contributed by atoms with Crippen LogP contribution in [0.1, 0.15) is 11.1 Å². The first-order valence-corrected chi connectivity index (χ1v) is 12.2. The largest absolute Gasteiger partial charge is 0.454 e. The van der Waals surface area contributed by atoms with Crippen molar-refractivity contribution >= 4 is 27.6 Å². The van der Waals surface area contributed by atoms with E-state index in [4.69, 9.17) is 9.47 Å². The Morgan fingerprint density at radius 1 is 0.794 bits per heavy atom. The van der Waals surface area contributed by atoms with Gasteiger partial charge in [-0.1, -0.05) is 48.5 Å². The van der Waals surface area contributed by atoms with Crippen LogP contribution in [-0.2, 0) is 16.6 Å². The van der Waals surface area contributed by atoms with Crippen LogP contribution in [0.5, 0.6) is 11.5 Å². The quantitative estimate of drug-likeness (QED) is 0.332. The van der Waals surface area contributed by atoms with Gasteiger partial charge in [0.05, 0.1) is 22.8 Å². The fourth-order valence-corrected chi connectivity index (χ4v) is 5.11. The summed E-state index contributed by atoms with van der Waals surface area (Å²) in [5.74, 6) is 1.42. The zero-order valence-corrected chi connectivity index (χ0v) is 19.1. The van der Waals surface area contributed by atoms with Crippen molar-refractivity contribution in [3.05, 3.63) is 114 Å². The molecular weight excluding hydrogens is 448 g/mol. The Morgan fingerprint density at radius 3 is 2.21 bits per heavy atom. The molecule has 170 valence electrons. The third kappa shape index (κ3) is 4.65. The molecule has 0 bridgehead atoms. The predicted molar refractivity (Wildman–Crippen MR) is 133 cm³/mol. The maximum absolute atomic E-state index is 13.5. The monoisotopic (exact) mass is 470 g/mol. The SMILES string of the molecule is O=S(=O)(c1ccccc1)N(Cc1ccccc1)c1ccc(N=Cc2ccc3c(c2)OCO3)cc1. The zero-order chi connectivity index (χ0) is 23.4. The summed E-state index contributed by atoms with van der Waals surface area (Å²) in [5.41, 5.74) is 3.05. The highest BCUT2D eigenvalue weighted by atomic mass is 32.2. The van der Waals surface area contributed by atoms with Gasteiger partial charge in [0.1, 0.15) is 0 Å². The summed E-state index contributed by atoms with van der Waals surface area (Å²) in [6.45, 7) is 0.445. The van der Waals surface area contributed by atoms with Crippen LogP contribution in [-0.4, -0.2) is 21.4 Å². The van der Waals surface area contributed by atoms with Gasteiger partial charge in [0, 0.05) is 6.21 Å². The average Bonchev–Trinajstić information content (AvgIpc) is 3.36. The van der Waals surface area contributed by atoms with Crippen LogP contribution in [0, 0.1) is 0 Å². The molecule has 0 aliphatic carbocycles. The molecular formula is C27H22N2O4S. The Labute approximate surface area is 198 Å². The minimum Gasteiger partial charge on any atom is -0.454 e. The molecule has 0 amide bonds. The standard InChI is InChI=1S/C27H22N2O4S/c30-34(31,25-9-5-2-6-10-25)29(19-21-7-3-1-4-8-21)24-14-12-23(13-15-24)28-18-22-11-16-26-27(17-22)33-20-32-26/h1-18H,19-20H2. The number of hydrogen-bond donors (Lipinski definition) is 0. The highest BCUT2D eigenvalue weighted by Gasteiger charge is 2.25. The van der Waals surface area contributed by atoms with Crippen LogP contribution < -0.4 is 13.8 Å². The van der Waals surface area contributed by atoms with Crippen molar-refractivity contribution in [2.24, 2.45) is 4.99 Å². The van der Waals surface area contributed by atoms with Crippen molar-refractivity contribution in [1.29, 1.82) is 0 Å². The Balaban J connectivity index is 1.42. The number of benzene rings is 4. The molecule has 0 saturated carbocycles. The number of anilines is 1. The van der Waals surface area contributed by atoms with E-state index in [-0.39, 0.29) is 18.2 Å².